The van der Waals surface area contributed by atoms with Crippen LogP contribution in [0.1, 0.15) is 6.42 Å². The molecule has 0 aliphatic carbocycles. The molecule has 8 heteroatoms. The number of aromatic nitrogens is 1. The monoisotopic (exact) mass is 370 g/mol. The van der Waals surface area contributed by atoms with Crippen molar-refractivity contribution in [1.82, 2.24) is 10.3 Å². The summed E-state index contributed by atoms with van der Waals surface area (Å²) < 4.78 is 14.3. The third-order valence-corrected chi connectivity index (χ3v) is 5.05. The van der Waals surface area contributed by atoms with Gasteiger partial charge in [0.1, 0.15) is 5.82 Å². The fraction of sp³-hybridized carbons (Fsp3) is 0.167. The summed E-state index contributed by atoms with van der Waals surface area (Å²) in [7, 11) is 0. The number of thiazole rings is 1. The zero-order valence-corrected chi connectivity index (χ0v) is 14.4. The molecule has 0 unspecified atom stereocenters. The third kappa shape index (κ3) is 3.36. The van der Waals surface area contributed by atoms with E-state index in [-0.39, 0.29) is 18.4 Å². The first-order valence-corrected chi connectivity index (χ1v) is 8.89. The topological polar surface area (TPSA) is 74.3 Å². The van der Waals surface area contributed by atoms with E-state index in [0.717, 1.165) is 10.2 Å². The molecule has 2 heterocycles. The number of para-hydroxylation sites is 1. The Kier molecular flexibility index (Phi) is 4.26. The molecule has 1 atom stereocenters. The molecule has 3 aromatic rings. The van der Waals surface area contributed by atoms with Crippen LogP contribution in [-0.2, 0) is 4.79 Å². The minimum absolute atomic E-state index is 0.152. The van der Waals surface area contributed by atoms with E-state index >= 15 is 0 Å². The van der Waals surface area contributed by atoms with Crippen LogP contribution in [0.15, 0.2) is 48.5 Å². The average Bonchev–Trinajstić information content (AvgIpc) is 3.17. The molecular weight excluding hydrogens is 355 g/mol. The van der Waals surface area contributed by atoms with Gasteiger partial charge in [0.25, 0.3) is 0 Å². The van der Waals surface area contributed by atoms with Crippen molar-refractivity contribution in [2.45, 2.75) is 12.5 Å². The highest BCUT2D eigenvalue weighted by Crippen LogP contribution is 2.26. The Morgan fingerprint density at radius 3 is 2.88 bits per heavy atom. The predicted octanol–water partition coefficient (Wildman–Crippen LogP) is 3.36. The Morgan fingerprint density at radius 2 is 2.08 bits per heavy atom. The molecule has 1 aromatic heterocycles. The number of nitrogens with one attached hydrogen (secondary N) is 2. The Balaban J connectivity index is 1.39. The van der Waals surface area contributed by atoms with E-state index in [0.29, 0.717) is 17.4 Å². The van der Waals surface area contributed by atoms with Gasteiger partial charge in [-0.25, -0.2) is 14.2 Å². The van der Waals surface area contributed by atoms with E-state index in [1.807, 2.05) is 24.3 Å². The number of benzene rings is 2. The van der Waals surface area contributed by atoms with E-state index in [2.05, 4.69) is 15.6 Å². The first-order valence-electron chi connectivity index (χ1n) is 8.07. The summed E-state index contributed by atoms with van der Waals surface area (Å²) in [5.74, 6) is -0.554. The highest BCUT2D eigenvalue weighted by atomic mass is 32.1. The summed E-state index contributed by atoms with van der Waals surface area (Å²) in [4.78, 5) is 30.2. The molecule has 2 aromatic carbocycles. The fourth-order valence-electron chi connectivity index (χ4n) is 2.94. The van der Waals surface area contributed by atoms with Gasteiger partial charge in [0.2, 0.25) is 5.91 Å². The maximum absolute atomic E-state index is 13.4. The lowest BCUT2D eigenvalue weighted by Crippen LogP contribution is -2.39. The van der Waals surface area contributed by atoms with Crippen LogP contribution in [0.3, 0.4) is 0 Å². The maximum atomic E-state index is 13.4. The molecule has 26 heavy (non-hydrogen) atoms. The number of anilines is 2. The van der Waals surface area contributed by atoms with Crippen LogP contribution in [0.5, 0.6) is 0 Å². The van der Waals surface area contributed by atoms with Crippen molar-refractivity contribution in [3.8, 4) is 0 Å². The second kappa shape index (κ2) is 6.72. The van der Waals surface area contributed by atoms with Crippen molar-refractivity contribution in [2.75, 3.05) is 16.8 Å². The van der Waals surface area contributed by atoms with Crippen LogP contribution < -0.4 is 15.5 Å². The Labute approximate surface area is 152 Å². The summed E-state index contributed by atoms with van der Waals surface area (Å²) in [5.41, 5.74) is 1.31. The zero-order chi connectivity index (χ0) is 18.1. The minimum atomic E-state index is -0.414. The van der Waals surface area contributed by atoms with Crippen LogP contribution in [-0.4, -0.2) is 29.5 Å². The number of urea groups is 1. The summed E-state index contributed by atoms with van der Waals surface area (Å²) in [6.07, 6.45) is 0.170. The van der Waals surface area contributed by atoms with Gasteiger partial charge in [-0.05, 0) is 30.3 Å². The highest BCUT2D eigenvalue weighted by Gasteiger charge is 2.31. The number of hydrogen-bond donors (Lipinski definition) is 2. The van der Waals surface area contributed by atoms with Crippen LogP contribution >= 0.6 is 11.3 Å². The molecule has 3 amide bonds. The predicted molar refractivity (Wildman–Crippen MR) is 98.9 cm³/mol. The molecule has 0 spiro atoms. The van der Waals surface area contributed by atoms with Crippen molar-refractivity contribution in [3.05, 3.63) is 54.3 Å². The van der Waals surface area contributed by atoms with Gasteiger partial charge in [0.05, 0.1) is 16.3 Å². The number of halogens is 1. The maximum Gasteiger partial charge on any atom is 0.321 e. The lowest BCUT2D eigenvalue weighted by molar-refractivity contribution is -0.117. The second-order valence-electron chi connectivity index (χ2n) is 5.97. The van der Waals surface area contributed by atoms with Gasteiger partial charge in [0.15, 0.2) is 5.13 Å². The number of fused-ring (bicyclic) bond motifs is 1. The van der Waals surface area contributed by atoms with Crippen LogP contribution in [0.2, 0.25) is 0 Å². The van der Waals surface area contributed by atoms with E-state index in [1.54, 1.807) is 12.1 Å². The number of amides is 3. The van der Waals surface area contributed by atoms with Gasteiger partial charge < -0.3 is 10.2 Å². The number of carbonyl (C=O) groups is 2. The van der Waals surface area contributed by atoms with E-state index in [4.69, 9.17) is 0 Å². The van der Waals surface area contributed by atoms with Crippen molar-refractivity contribution in [1.29, 1.82) is 0 Å². The molecule has 1 saturated heterocycles. The normalized spacial score (nSPS) is 16.9. The summed E-state index contributed by atoms with van der Waals surface area (Å²) in [5, 5.41) is 5.98. The Bertz CT molecular complexity index is 957. The van der Waals surface area contributed by atoms with Gasteiger partial charge >= 0.3 is 6.03 Å². The van der Waals surface area contributed by atoms with Crippen LogP contribution in [0.4, 0.5) is 20.0 Å². The molecule has 6 nitrogen and oxygen atoms in total. The van der Waals surface area contributed by atoms with Crippen LogP contribution in [0.25, 0.3) is 10.2 Å². The van der Waals surface area contributed by atoms with Crippen LogP contribution in [0, 0.1) is 5.82 Å². The van der Waals surface area contributed by atoms with Gasteiger partial charge in [-0.15, -0.1) is 0 Å². The number of nitrogens with zero attached hydrogens (tertiary/aromatic N) is 2. The standard InChI is InChI=1S/C18H15FN4O2S/c19-11-4-3-5-13(8-11)23-10-12(9-16(23)24)20-17(25)22-18-21-14-6-1-2-7-15(14)26-18/h1-8,12H,9-10H2,(H2,20,21,22,25)/t12-/m1/s1. The summed E-state index contributed by atoms with van der Waals surface area (Å²) >= 11 is 1.38. The van der Waals surface area contributed by atoms with Crippen molar-refractivity contribution >= 4 is 44.3 Å². The molecule has 1 aliphatic heterocycles. The van der Waals surface area contributed by atoms with E-state index in [9.17, 15) is 14.0 Å². The molecule has 1 aliphatic rings. The van der Waals surface area contributed by atoms with Gasteiger partial charge in [-0.1, -0.05) is 29.5 Å². The first kappa shape index (κ1) is 16.5. The van der Waals surface area contributed by atoms with Crippen molar-refractivity contribution < 1.29 is 14.0 Å². The van der Waals surface area contributed by atoms with Gasteiger partial charge in [0, 0.05) is 18.7 Å². The molecule has 0 saturated carbocycles. The number of hydrogen-bond acceptors (Lipinski definition) is 4. The largest absolute Gasteiger partial charge is 0.333 e. The highest BCUT2D eigenvalue weighted by molar-refractivity contribution is 7.22. The third-order valence-electron chi connectivity index (χ3n) is 4.09. The molecule has 2 N–H and O–H groups in total. The van der Waals surface area contributed by atoms with Crippen molar-refractivity contribution in [3.63, 3.8) is 0 Å². The molecule has 1 fully saturated rings. The molecule has 132 valence electrons. The molecule has 0 radical (unpaired) electrons. The lowest BCUT2D eigenvalue weighted by atomic mass is 10.2. The Morgan fingerprint density at radius 1 is 1.23 bits per heavy atom. The Hall–Kier alpha value is -3.00. The van der Waals surface area contributed by atoms with Gasteiger partial charge in [-0.3, -0.25) is 10.1 Å². The summed E-state index contributed by atoms with van der Waals surface area (Å²) in [6, 6.07) is 12.7. The van der Waals surface area contributed by atoms with E-state index < -0.39 is 11.8 Å². The molecule has 0 bridgehead atoms. The quantitative estimate of drug-likeness (QED) is 0.742. The number of rotatable bonds is 3. The SMILES string of the molecule is O=C(Nc1nc2ccccc2s1)N[C@@H]1CC(=O)N(c2cccc(F)c2)C1. The lowest BCUT2D eigenvalue weighted by Gasteiger charge is -2.17. The zero-order valence-electron chi connectivity index (χ0n) is 13.6. The fourth-order valence-corrected chi connectivity index (χ4v) is 3.80. The average molecular weight is 370 g/mol. The summed E-state index contributed by atoms with van der Waals surface area (Å²) in [6.45, 7) is 0.301. The number of carbonyl (C=O) groups excluding carboxylic acids is 2. The van der Waals surface area contributed by atoms with E-state index in [1.165, 1.54) is 28.4 Å². The van der Waals surface area contributed by atoms with Crippen molar-refractivity contribution in [2.24, 2.45) is 0 Å². The first-order chi connectivity index (χ1) is 12.6. The molecule has 4 rings (SSSR count). The van der Waals surface area contributed by atoms with Gasteiger partial charge in [-0.2, -0.15) is 0 Å². The second-order valence-corrected chi connectivity index (χ2v) is 7.00. The smallest absolute Gasteiger partial charge is 0.321 e. The molecular formula is C18H15FN4O2S. The minimum Gasteiger partial charge on any atom is -0.333 e.